The minimum Gasteiger partial charge on any atom is -0.463 e. The molecule has 7 nitrogen and oxygen atoms in total. The third-order valence-corrected chi connectivity index (χ3v) is 9.07. The van der Waals surface area contributed by atoms with Gasteiger partial charge >= 0.3 is 0 Å². The number of hydrogen-bond donors (Lipinski definition) is 1. The first-order chi connectivity index (χ1) is 17.5. The molecule has 2 aromatic heterocycles. The van der Waals surface area contributed by atoms with Gasteiger partial charge in [0.05, 0.1) is 18.3 Å². The van der Waals surface area contributed by atoms with Crippen molar-refractivity contribution in [3.8, 4) is 0 Å². The highest BCUT2D eigenvalue weighted by Crippen LogP contribution is 2.33. The number of carbonyl (C=O) groups excluding carboxylic acids is 2. The highest BCUT2D eigenvalue weighted by Gasteiger charge is 2.48. The van der Waals surface area contributed by atoms with E-state index in [1.165, 1.54) is 51.4 Å². The molecule has 1 unspecified atom stereocenters. The number of aromatic nitrogens is 1. The standard InChI is InChI=1S/C29H44N4O3/c1-29(28(35)30-22-12-7-4-3-5-8-13-22)21-32-24-16-19-36-26(24)20-25(32)27(34)33(29)18-11-17-31(2)23-14-9-6-10-15-23/h16,19-20,22-23H,3-15,17-18,21H2,1-2H3,(H,30,35). The quantitative estimate of drug-likeness (QED) is 0.562. The van der Waals surface area contributed by atoms with E-state index in [-0.39, 0.29) is 17.9 Å². The first-order valence-electron chi connectivity index (χ1n) is 14.4. The van der Waals surface area contributed by atoms with Crippen molar-refractivity contribution in [2.24, 2.45) is 0 Å². The smallest absolute Gasteiger partial charge is 0.271 e. The van der Waals surface area contributed by atoms with Crippen molar-refractivity contribution in [3.63, 3.8) is 0 Å². The van der Waals surface area contributed by atoms with Gasteiger partial charge in [-0.1, -0.05) is 51.4 Å². The van der Waals surface area contributed by atoms with Gasteiger partial charge < -0.3 is 24.1 Å². The van der Waals surface area contributed by atoms with E-state index in [1.807, 2.05) is 28.5 Å². The molecule has 2 aliphatic carbocycles. The normalized spacial score (nSPS) is 24.6. The molecule has 198 valence electrons. The van der Waals surface area contributed by atoms with Crippen LogP contribution in [0.15, 0.2) is 22.8 Å². The van der Waals surface area contributed by atoms with Crippen molar-refractivity contribution in [1.82, 2.24) is 19.7 Å². The van der Waals surface area contributed by atoms with Gasteiger partial charge in [0.15, 0.2) is 5.58 Å². The molecule has 36 heavy (non-hydrogen) atoms. The van der Waals surface area contributed by atoms with Crippen molar-refractivity contribution in [1.29, 1.82) is 0 Å². The summed E-state index contributed by atoms with van der Waals surface area (Å²) >= 11 is 0. The van der Waals surface area contributed by atoms with Gasteiger partial charge in [-0.15, -0.1) is 0 Å². The average molecular weight is 497 g/mol. The molecule has 3 heterocycles. The minimum atomic E-state index is -0.931. The minimum absolute atomic E-state index is 0.0157. The molecule has 2 amide bonds. The highest BCUT2D eigenvalue weighted by molar-refractivity contribution is 6.02. The van der Waals surface area contributed by atoms with Crippen molar-refractivity contribution < 1.29 is 14.0 Å². The summed E-state index contributed by atoms with van der Waals surface area (Å²) < 4.78 is 7.60. The second kappa shape index (κ2) is 11.0. The van der Waals surface area contributed by atoms with Gasteiger partial charge in [0, 0.05) is 30.8 Å². The fourth-order valence-corrected chi connectivity index (χ4v) is 6.75. The Labute approximate surface area is 215 Å². The molecule has 0 saturated heterocycles. The van der Waals surface area contributed by atoms with E-state index in [9.17, 15) is 9.59 Å². The van der Waals surface area contributed by atoms with Crippen LogP contribution in [0.3, 0.4) is 0 Å². The zero-order valence-electron chi connectivity index (χ0n) is 22.3. The molecule has 1 atom stereocenters. The lowest BCUT2D eigenvalue weighted by molar-refractivity contribution is -0.133. The Bertz CT molecular complexity index is 1040. The maximum Gasteiger partial charge on any atom is 0.271 e. The van der Waals surface area contributed by atoms with E-state index in [4.69, 9.17) is 4.42 Å². The number of nitrogens with one attached hydrogen (secondary N) is 1. The van der Waals surface area contributed by atoms with Crippen LogP contribution < -0.4 is 5.32 Å². The zero-order chi connectivity index (χ0) is 25.1. The first-order valence-corrected chi connectivity index (χ1v) is 14.4. The van der Waals surface area contributed by atoms with Crippen LogP contribution in [0.1, 0.15) is 101 Å². The number of amides is 2. The number of hydrogen-bond acceptors (Lipinski definition) is 4. The maximum absolute atomic E-state index is 13.9. The van der Waals surface area contributed by atoms with Gasteiger partial charge in [-0.3, -0.25) is 9.59 Å². The van der Waals surface area contributed by atoms with Crippen LogP contribution in [0.4, 0.5) is 0 Å². The van der Waals surface area contributed by atoms with Gasteiger partial charge in [0.25, 0.3) is 5.91 Å². The molecule has 3 aliphatic rings. The largest absolute Gasteiger partial charge is 0.463 e. The Balaban J connectivity index is 1.34. The monoisotopic (exact) mass is 496 g/mol. The zero-order valence-corrected chi connectivity index (χ0v) is 22.3. The summed E-state index contributed by atoms with van der Waals surface area (Å²) in [5.41, 5.74) is 1.29. The SMILES string of the molecule is CN(CCCN1C(=O)c2cc3occc3n2CC1(C)C(=O)NC1CCCCCCC1)C1CCCCC1. The highest BCUT2D eigenvalue weighted by atomic mass is 16.3. The number of fused-ring (bicyclic) bond motifs is 3. The summed E-state index contributed by atoms with van der Waals surface area (Å²) in [5, 5.41) is 3.38. The number of carbonyl (C=O) groups is 2. The summed E-state index contributed by atoms with van der Waals surface area (Å²) in [5.74, 6) is -0.0821. The molecule has 0 radical (unpaired) electrons. The summed E-state index contributed by atoms with van der Waals surface area (Å²) in [6.45, 7) is 3.94. The Hall–Kier alpha value is -2.28. The summed E-state index contributed by atoms with van der Waals surface area (Å²) in [6.07, 6.45) is 17.2. The van der Waals surface area contributed by atoms with Crippen LogP contribution >= 0.6 is 0 Å². The Morgan fingerprint density at radius 2 is 1.75 bits per heavy atom. The van der Waals surface area contributed by atoms with Gasteiger partial charge in [-0.25, -0.2) is 0 Å². The Morgan fingerprint density at radius 3 is 2.50 bits per heavy atom. The van der Waals surface area contributed by atoms with E-state index in [0.717, 1.165) is 44.2 Å². The van der Waals surface area contributed by atoms with E-state index >= 15 is 0 Å². The lowest BCUT2D eigenvalue weighted by Gasteiger charge is -2.45. The Morgan fingerprint density at radius 1 is 1.08 bits per heavy atom. The van der Waals surface area contributed by atoms with Crippen LogP contribution in [0.25, 0.3) is 11.1 Å². The lowest BCUT2D eigenvalue weighted by atomic mass is 9.91. The Kier molecular flexibility index (Phi) is 7.75. The fourth-order valence-electron chi connectivity index (χ4n) is 6.75. The molecule has 2 fully saturated rings. The van der Waals surface area contributed by atoms with Crippen LogP contribution in [0, 0.1) is 0 Å². The van der Waals surface area contributed by atoms with Gasteiger partial charge in [0.1, 0.15) is 11.2 Å². The molecule has 0 bridgehead atoms. The molecular weight excluding hydrogens is 452 g/mol. The molecular formula is C29H44N4O3. The second-order valence-corrected chi connectivity index (χ2v) is 11.7. The van der Waals surface area contributed by atoms with E-state index in [0.29, 0.717) is 30.4 Å². The molecule has 5 rings (SSSR count). The van der Waals surface area contributed by atoms with Gasteiger partial charge in [-0.05, 0) is 52.6 Å². The molecule has 2 aromatic rings. The topological polar surface area (TPSA) is 70.7 Å². The van der Waals surface area contributed by atoms with Crippen LogP contribution in [-0.4, -0.2) is 63.9 Å². The van der Waals surface area contributed by atoms with E-state index < -0.39 is 5.54 Å². The first kappa shape index (κ1) is 25.4. The fraction of sp³-hybridized carbons (Fsp3) is 0.724. The van der Waals surface area contributed by atoms with Crippen LogP contribution in [0.5, 0.6) is 0 Å². The van der Waals surface area contributed by atoms with Gasteiger partial charge in [-0.2, -0.15) is 0 Å². The molecule has 7 heteroatoms. The van der Waals surface area contributed by atoms with E-state index in [2.05, 4.69) is 17.3 Å². The molecule has 2 saturated carbocycles. The maximum atomic E-state index is 13.9. The predicted octanol–water partition coefficient (Wildman–Crippen LogP) is 5.33. The van der Waals surface area contributed by atoms with Gasteiger partial charge in [0.2, 0.25) is 5.91 Å². The van der Waals surface area contributed by atoms with Crippen LogP contribution in [0.2, 0.25) is 0 Å². The number of rotatable bonds is 7. The lowest BCUT2D eigenvalue weighted by Crippen LogP contribution is -2.65. The third kappa shape index (κ3) is 5.09. The van der Waals surface area contributed by atoms with Crippen molar-refractivity contribution in [3.05, 3.63) is 24.1 Å². The van der Waals surface area contributed by atoms with Crippen molar-refractivity contribution >= 4 is 22.9 Å². The number of nitrogens with zero attached hydrogens (tertiary/aromatic N) is 3. The third-order valence-electron chi connectivity index (χ3n) is 9.07. The molecule has 0 spiro atoms. The summed E-state index contributed by atoms with van der Waals surface area (Å²) in [7, 11) is 2.22. The summed E-state index contributed by atoms with van der Waals surface area (Å²) in [4.78, 5) is 32.1. The van der Waals surface area contributed by atoms with Crippen LogP contribution in [-0.2, 0) is 11.3 Å². The van der Waals surface area contributed by atoms with E-state index in [1.54, 1.807) is 6.26 Å². The second-order valence-electron chi connectivity index (χ2n) is 11.7. The molecule has 1 aliphatic heterocycles. The van der Waals surface area contributed by atoms with Crippen molar-refractivity contribution in [2.75, 3.05) is 20.1 Å². The molecule has 0 aromatic carbocycles. The number of furan rings is 1. The molecule has 1 N–H and O–H groups in total. The van der Waals surface area contributed by atoms with Crippen molar-refractivity contribution in [2.45, 2.75) is 115 Å². The summed E-state index contributed by atoms with van der Waals surface area (Å²) in [6, 6.07) is 4.58. The predicted molar refractivity (Wildman–Crippen MR) is 142 cm³/mol. The average Bonchev–Trinajstić information content (AvgIpc) is 3.45.